The summed E-state index contributed by atoms with van der Waals surface area (Å²) in [4.78, 5) is 0. The molecule has 0 unspecified atom stereocenters. The number of hydrogen-bond donors (Lipinski definition) is 2. The van der Waals surface area contributed by atoms with Gasteiger partial charge in [0.15, 0.2) is 0 Å². The first-order chi connectivity index (χ1) is 6.86. The minimum absolute atomic E-state index is 0.897. The Morgan fingerprint density at radius 3 is 2.36 bits per heavy atom. The molecular formula is C12H19NS. The van der Waals surface area contributed by atoms with Crippen molar-refractivity contribution < 1.29 is 0 Å². The molecule has 1 aromatic rings. The zero-order chi connectivity index (χ0) is 10.2. The van der Waals surface area contributed by atoms with Gasteiger partial charge in [0.05, 0.1) is 0 Å². The molecule has 0 radical (unpaired) electrons. The predicted molar refractivity (Wildman–Crippen MR) is 66.0 cm³/mol. The maximum Gasteiger partial charge on any atom is 0.0205 e. The lowest BCUT2D eigenvalue weighted by Crippen LogP contribution is -2.15. The van der Waals surface area contributed by atoms with E-state index in [-0.39, 0.29) is 0 Å². The van der Waals surface area contributed by atoms with Crippen LogP contribution in [0.1, 0.15) is 24.5 Å². The van der Waals surface area contributed by atoms with Crippen molar-refractivity contribution >= 4 is 12.6 Å². The molecule has 0 spiro atoms. The molecule has 0 saturated carbocycles. The van der Waals surface area contributed by atoms with E-state index < -0.39 is 0 Å². The van der Waals surface area contributed by atoms with Gasteiger partial charge in [-0.15, -0.1) is 0 Å². The lowest BCUT2D eigenvalue weighted by Gasteiger charge is -2.04. The number of hydrogen-bond acceptors (Lipinski definition) is 2. The van der Waals surface area contributed by atoms with Crippen molar-refractivity contribution in [1.29, 1.82) is 0 Å². The monoisotopic (exact) mass is 209 g/mol. The van der Waals surface area contributed by atoms with Gasteiger partial charge in [-0.3, -0.25) is 0 Å². The van der Waals surface area contributed by atoms with E-state index in [1.807, 2.05) is 0 Å². The summed E-state index contributed by atoms with van der Waals surface area (Å²) in [7, 11) is 0. The van der Waals surface area contributed by atoms with Crippen molar-refractivity contribution in [3.8, 4) is 0 Å². The van der Waals surface area contributed by atoms with Gasteiger partial charge in [0.1, 0.15) is 0 Å². The number of nitrogens with one attached hydrogen (secondary N) is 1. The highest BCUT2D eigenvalue weighted by atomic mass is 32.1. The van der Waals surface area contributed by atoms with Crippen molar-refractivity contribution in [1.82, 2.24) is 5.32 Å². The van der Waals surface area contributed by atoms with Crippen LogP contribution in [0.4, 0.5) is 0 Å². The molecule has 1 nitrogen and oxygen atoms in total. The van der Waals surface area contributed by atoms with Crippen LogP contribution < -0.4 is 5.32 Å². The lowest BCUT2D eigenvalue weighted by atomic mass is 10.1. The smallest absolute Gasteiger partial charge is 0.0205 e. The molecular weight excluding hydrogens is 190 g/mol. The van der Waals surface area contributed by atoms with E-state index in [1.54, 1.807) is 0 Å². The molecule has 14 heavy (non-hydrogen) atoms. The first kappa shape index (κ1) is 11.6. The van der Waals surface area contributed by atoms with Gasteiger partial charge in [-0.2, -0.15) is 12.6 Å². The molecule has 0 saturated heterocycles. The molecule has 0 aromatic heterocycles. The molecule has 1 aromatic carbocycles. The Bertz CT molecular complexity index is 243. The van der Waals surface area contributed by atoms with Crippen LogP contribution in [0, 0.1) is 0 Å². The van der Waals surface area contributed by atoms with Crippen LogP contribution in [0.3, 0.4) is 0 Å². The Kier molecular flexibility index (Phi) is 5.72. The van der Waals surface area contributed by atoms with Gasteiger partial charge < -0.3 is 5.32 Å². The average molecular weight is 209 g/mol. The molecule has 0 heterocycles. The number of aryl methyl sites for hydroxylation is 1. The normalized spacial score (nSPS) is 10.4. The number of thiol groups is 1. The highest BCUT2D eigenvalue weighted by Crippen LogP contribution is 2.06. The van der Waals surface area contributed by atoms with E-state index in [9.17, 15) is 0 Å². The molecule has 1 N–H and O–H groups in total. The molecule has 0 fully saturated rings. The Labute approximate surface area is 92.3 Å². The third-order valence-electron chi connectivity index (χ3n) is 2.18. The molecule has 78 valence electrons. The zero-order valence-corrected chi connectivity index (χ0v) is 9.69. The Morgan fingerprint density at radius 1 is 1.14 bits per heavy atom. The summed E-state index contributed by atoms with van der Waals surface area (Å²) in [5, 5.41) is 3.33. The minimum atomic E-state index is 0.897. The van der Waals surface area contributed by atoms with Gasteiger partial charge in [-0.05, 0) is 17.5 Å². The molecule has 0 atom stereocenters. The van der Waals surface area contributed by atoms with Crippen LogP contribution in [0.15, 0.2) is 24.3 Å². The van der Waals surface area contributed by atoms with E-state index in [0.29, 0.717) is 0 Å². The van der Waals surface area contributed by atoms with Crippen molar-refractivity contribution in [2.75, 3.05) is 12.3 Å². The minimum Gasteiger partial charge on any atom is -0.312 e. The van der Waals surface area contributed by atoms with E-state index in [0.717, 1.165) is 18.8 Å². The lowest BCUT2D eigenvalue weighted by molar-refractivity contribution is 0.732. The second-order valence-corrected chi connectivity index (χ2v) is 3.91. The largest absolute Gasteiger partial charge is 0.312 e. The first-order valence-corrected chi connectivity index (χ1v) is 5.89. The molecule has 0 amide bonds. The van der Waals surface area contributed by atoms with Crippen LogP contribution in [-0.2, 0) is 13.0 Å². The number of benzene rings is 1. The topological polar surface area (TPSA) is 12.0 Å². The van der Waals surface area contributed by atoms with Gasteiger partial charge in [0.25, 0.3) is 0 Å². The third-order valence-corrected chi connectivity index (χ3v) is 2.40. The Morgan fingerprint density at radius 2 is 1.79 bits per heavy atom. The van der Waals surface area contributed by atoms with Crippen LogP contribution >= 0.6 is 12.6 Å². The van der Waals surface area contributed by atoms with Crippen molar-refractivity contribution in [3.05, 3.63) is 35.4 Å². The average Bonchev–Trinajstić information content (AvgIpc) is 2.21. The fourth-order valence-corrected chi connectivity index (χ4v) is 1.58. The quantitative estimate of drug-likeness (QED) is 0.542. The van der Waals surface area contributed by atoms with Gasteiger partial charge >= 0.3 is 0 Å². The fourth-order valence-electron chi connectivity index (χ4n) is 1.42. The Hall–Kier alpha value is -0.470. The van der Waals surface area contributed by atoms with Crippen LogP contribution in [-0.4, -0.2) is 12.3 Å². The molecule has 0 aliphatic heterocycles. The molecule has 0 aliphatic carbocycles. The Balaban J connectivity index is 2.38. The predicted octanol–water partition coefficient (Wildman–Crippen LogP) is 2.66. The van der Waals surface area contributed by atoms with Gasteiger partial charge in [-0.25, -0.2) is 0 Å². The van der Waals surface area contributed by atoms with E-state index in [4.69, 9.17) is 0 Å². The van der Waals surface area contributed by atoms with E-state index in [1.165, 1.54) is 24.0 Å². The molecule has 2 heteroatoms. The summed E-state index contributed by atoms with van der Waals surface area (Å²) >= 11 is 4.15. The first-order valence-electron chi connectivity index (χ1n) is 5.26. The second-order valence-electron chi connectivity index (χ2n) is 3.47. The second kappa shape index (κ2) is 6.91. The standard InChI is InChI=1S/C12H19NS/c1-2-3-11-4-6-12(7-5-11)10-13-8-9-14/h4-7,13-14H,2-3,8-10H2,1H3. The summed E-state index contributed by atoms with van der Waals surface area (Å²) in [6.45, 7) is 4.13. The highest BCUT2D eigenvalue weighted by Gasteiger charge is 1.93. The van der Waals surface area contributed by atoms with Gasteiger partial charge in [0.2, 0.25) is 0 Å². The van der Waals surface area contributed by atoms with E-state index in [2.05, 4.69) is 49.1 Å². The highest BCUT2D eigenvalue weighted by molar-refractivity contribution is 7.80. The maximum atomic E-state index is 4.15. The fraction of sp³-hybridized carbons (Fsp3) is 0.500. The summed E-state index contributed by atoms with van der Waals surface area (Å²) in [6, 6.07) is 8.86. The van der Waals surface area contributed by atoms with Crippen molar-refractivity contribution in [2.24, 2.45) is 0 Å². The van der Waals surface area contributed by atoms with E-state index >= 15 is 0 Å². The van der Waals surface area contributed by atoms with Gasteiger partial charge in [-0.1, -0.05) is 37.6 Å². The summed E-state index contributed by atoms with van der Waals surface area (Å²) in [5.41, 5.74) is 2.79. The molecule has 0 aliphatic rings. The van der Waals surface area contributed by atoms with Crippen molar-refractivity contribution in [3.63, 3.8) is 0 Å². The SMILES string of the molecule is CCCc1ccc(CNCCS)cc1. The number of rotatable bonds is 6. The van der Waals surface area contributed by atoms with Crippen LogP contribution in [0.25, 0.3) is 0 Å². The third kappa shape index (κ3) is 4.16. The molecule has 1 rings (SSSR count). The summed E-state index contributed by atoms with van der Waals surface area (Å²) in [5.74, 6) is 0.897. The summed E-state index contributed by atoms with van der Waals surface area (Å²) < 4.78 is 0. The summed E-state index contributed by atoms with van der Waals surface area (Å²) in [6.07, 6.45) is 2.40. The van der Waals surface area contributed by atoms with Crippen LogP contribution in [0.5, 0.6) is 0 Å². The van der Waals surface area contributed by atoms with Gasteiger partial charge in [0, 0.05) is 18.8 Å². The maximum absolute atomic E-state index is 4.15. The van der Waals surface area contributed by atoms with Crippen molar-refractivity contribution in [2.45, 2.75) is 26.3 Å². The van der Waals surface area contributed by atoms with Crippen LogP contribution in [0.2, 0.25) is 0 Å². The molecule has 0 bridgehead atoms. The zero-order valence-electron chi connectivity index (χ0n) is 8.79.